The summed E-state index contributed by atoms with van der Waals surface area (Å²) in [5.41, 5.74) is 2.64. The van der Waals surface area contributed by atoms with Crippen LogP contribution in [0.3, 0.4) is 0 Å². The molecule has 0 spiro atoms. The molecular formula is C19H18O. The average Bonchev–Trinajstić information content (AvgIpc) is 2.53. The third-order valence-corrected chi connectivity index (χ3v) is 3.69. The van der Waals surface area contributed by atoms with Gasteiger partial charge in [-0.05, 0) is 29.4 Å². The summed E-state index contributed by atoms with van der Waals surface area (Å²) in [6.45, 7) is 0. The lowest BCUT2D eigenvalue weighted by Gasteiger charge is -2.12. The van der Waals surface area contributed by atoms with Crippen molar-refractivity contribution < 1.29 is 4.74 Å². The fourth-order valence-corrected chi connectivity index (χ4v) is 2.65. The molecule has 0 aliphatic heterocycles. The highest BCUT2D eigenvalue weighted by molar-refractivity contribution is 5.89. The molecule has 0 aromatic heterocycles. The van der Waals surface area contributed by atoms with Crippen LogP contribution >= 0.6 is 0 Å². The van der Waals surface area contributed by atoms with Crippen molar-refractivity contribution in [2.45, 2.75) is 12.8 Å². The number of hydrogen-bond donors (Lipinski definition) is 0. The van der Waals surface area contributed by atoms with Gasteiger partial charge in [-0.1, -0.05) is 66.7 Å². The lowest BCUT2D eigenvalue weighted by Crippen LogP contribution is -1.96. The van der Waals surface area contributed by atoms with Gasteiger partial charge in [0.2, 0.25) is 0 Å². The third kappa shape index (κ3) is 2.53. The number of ether oxygens (including phenoxy) is 1. The van der Waals surface area contributed by atoms with Crippen LogP contribution in [0.5, 0.6) is 5.75 Å². The van der Waals surface area contributed by atoms with E-state index in [1.54, 1.807) is 7.11 Å². The Balaban J connectivity index is 1.91. The van der Waals surface area contributed by atoms with E-state index in [0.717, 1.165) is 18.6 Å². The third-order valence-electron chi connectivity index (χ3n) is 3.69. The first-order chi connectivity index (χ1) is 9.88. The molecule has 0 aliphatic carbocycles. The van der Waals surface area contributed by atoms with E-state index < -0.39 is 0 Å². The molecule has 0 amide bonds. The van der Waals surface area contributed by atoms with Crippen molar-refractivity contribution in [3.8, 4) is 5.75 Å². The minimum Gasteiger partial charge on any atom is -0.496 e. The van der Waals surface area contributed by atoms with Crippen molar-refractivity contribution in [2.75, 3.05) is 7.11 Å². The highest BCUT2D eigenvalue weighted by atomic mass is 16.5. The van der Waals surface area contributed by atoms with Crippen molar-refractivity contribution in [1.82, 2.24) is 0 Å². The zero-order chi connectivity index (χ0) is 13.8. The highest BCUT2D eigenvalue weighted by Crippen LogP contribution is 2.30. The fraction of sp³-hybridized carbons (Fsp3) is 0.158. The summed E-state index contributed by atoms with van der Waals surface area (Å²) in [7, 11) is 1.76. The Hall–Kier alpha value is -2.28. The SMILES string of the molecule is COc1c(CCc2ccccc2)ccc2ccccc12. The smallest absolute Gasteiger partial charge is 0.129 e. The summed E-state index contributed by atoms with van der Waals surface area (Å²) in [6, 6.07) is 23.3. The van der Waals surface area contributed by atoms with E-state index >= 15 is 0 Å². The maximum atomic E-state index is 5.65. The van der Waals surface area contributed by atoms with Crippen molar-refractivity contribution in [3.05, 3.63) is 77.9 Å². The van der Waals surface area contributed by atoms with Gasteiger partial charge in [-0.25, -0.2) is 0 Å². The van der Waals surface area contributed by atoms with Gasteiger partial charge in [0.25, 0.3) is 0 Å². The largest absolute Gasteiger partial charge is 0.496 e. The number of fused-ring (bicyclic) bond motifs is 1. The summed E-state index contributed by atoms with van der Waals surface area (Å²) in [4.78, 5) is 0. The van der Waals surface area contributed by atoms with Crippen LogP contribution < -0.4 is 4.74 Å². The Morgan fingerprint density at radius 1 is 0.750 bits per heavy atom. The zero-order valence-corrected chi connectivity index (χ0v) is 11.7. The number of methoxy groups -OCH3 is 1. The molecule has 0 saturated heterocycles. The molecule has 0 saturated carbocycles. The van der Waals surface area contributed by atoms with Gasteiger partial charge in [0.05, 0.1) is 7.11 Å². The molecule has 0 N–H and O–H groups in total. The van der Waals surface area contributed by atoms with Crippen LogP contribution in [-0.2, 0) is 12.8 Å². The quantitative estimate of drug-likeness (QED) is 0.666. The van der Waals surface area contributed by atoms with Crippen LogP contribution in [0.4, 0.5) is 0 Å². The topological polar surface area (TPSA) is 9.23 Å². The van der Waals surface area contributed by atoms with Crippen LogP contribution in [0.2, 0.25) is 0 Å². The molecule has 0 atom stereocenters. The summed E-state index contributed by atoms with van der Waals surface area (Å²) in [6.07, 6.45) is 2.04. The van der Waals surface area contributed by atoms with Crippen molar-refractivity contribution in [3.63, 3.8) is 0 Å². The Morgan fingerprint density at radius 3 is 2.30 bits per heavy atom. The van der Waals surface area contributed by atoms with Gasteiger partial charge in [-0.2, -0.15) is 0 Å². The monoisotopic (exact) mass is 262 g/mol. The molecule has 0 heterocycles. The molecule has 0 radical (unpaired) electrons. The second kappa shape index (κ2) is 5.79. The van der Waals surface area contributed by atoms with Crippen LogP contribution in [0.25, 0.3) is 10.8 Å². The lowest BCUT2D eigenvalue weighted by molar-refractivity contribution is 0.414. The first-order valence-corrected chi connectivity index (χ1v) is 6.97. The van der Waals surface area contributed by atoms with Gasteiger partial charge in [0, 0.05) is 5.39 Å². The Bertz CT molecular complexity index is 701. The van der Waals surface area contributed by atoms with Gasteiger partial charge >= 0.3 is 0 Å². The highest BCUT2D eigenvalue weighted by Gasteiger charge is 2.07. The standard InChI is InChI=1S/C19H18O/c1-20-19-17(12-11-15-7-3-2-4-8-15)14-13-16-9-5-6-10-18(16)19/h2-10,13-14H,11-12H2,1H3. The minimum absolute atomic E-state index is 0.998. The van der Waals surface area contributed by atoms with Gasteiger partial charge < -0.3 is 4.74 Å². The van der Waals surface area contributed by atoms with E-state index in [1.165, 1.54) is 21.9 Å². The number of rotatable bonds is 4. The molecule has 0 bridgehead atoms. The Labute approximate surface area is 119 Å². The molecule has 3 aromatic carbocycles. The Morgan fingerprint density at radius 2 is 1.50 bits per heavy atom. The predicted octanol–water partition coefficient (Wildman–Crippen LogP) is 4.63. The average molecular weight is 262 g/mol. The molecular weight excluding hydrogens is 244 g/mol. The fourth-order valence-electron chi connectivity index (χ4n) is 2.65. The van der Waals surface area contributed by atoms with Crippen LogP contribution in [0.1, 0.15) is 11.1 Å². The summed E-state index contributed by atoms with van der Waals surface area (Å²) < 4.78 is 5.65. The molecule has 0 aliphatic rings. The van der Waals surface area contributed by atoms with Gasteiger partial charge in [0.1, 0.15) is 5.75 Å². The van der Waals surface area contributed by atoms with Gasteiger partial charge in [0.15, 0.2) is 0 Å². The molecule has 0 fully saturated rings. The number of aryl methyl sites for hydroxylation is 2. The Kier molecular flexibility index (Phi) is 3.69. The van der Waals surface area contributed by atoms with Crippen LogP contribution in [0, 0.1) is 0 Å². The summed E-state index contributed by atoms with van der Waals surface area (Å²) in [5, 5.41) is 2.42. The summed E-state index contributed by atoms with van der Waals surface area (Å²) in [5.74, 6) is 1.01. The molecule has 3 aromatic rings. The summed E-state index contributed by atoms with van der Waals surface area (Å²) >= 11 is 0. The van der Waals surface area contributed by atoms with Gasteiger partial charge in [-0.3, -0.25) is 0 Å². The maximum Gasteiger partial charge on any atom is 0.129 e. The van der Waals surface area contributed by atoms with E-state index in [-0.39, 0.29) is 0 Å². The lowest BCUT2D eigenvalue weighted by atomic mass is 10.00. The normalized spacial score (nSPS) is 10.7. The van der Waals surface area contributed by atoms with E-state index in [2.05, 4.69) is 66.7 Å². The van der Waals surface area contributed by atoms with E-state index in [0.29, 0.717) is 0 Å². The first-order valence-electron chi connectivity index (χ1n) is 6.97. The van der Waals surface area contributed by atoms with E-state index in [4.69, 9.17) is 4.74 Å². The van der Waals surface area contributed by atoms with Crippen molar-refractivity contribution >= 4 is 10.8 Å². The first kappa shape index (κ1) is 12.7. The van der Waals surface area contributed by atoms with Crippen LogP contribution in [0.15, 0.2) is 66.7 Å². The molecule has 20 heavy (non-hydrogen) atoms. The second-order valence-electron chi connectivity index (χ2n) is 4.96. The van der Waals surface area contributed by atoms with Crippen molar-refractivity contribution in [2.24, 2.45) is 0 Å². The van der Waals surface area contributed by atoms with Crippen molar-refractivity contribution in [1.29, 1.82) is 0 Å². The number of benzene rings is 3. The second-order valence-corrected chi connectivity index (χ2v) is 4.96. The van der Waals surface area contributed by atoms with Gasteiger partial charge in [-0.15, -0.1) is 0 Å². The molecule has 3 rings (SSSR count). The predicted molar refractivity (Wildman–Crippen MR) is 84.4 cm³/mol. The van der Waals surface area contributed by atoms with Crippen LogP contribution in [-0.4, -0.2) is 7.11 Å². The molecule has 100 valence electrons. The zero-order valence-electron chi connectivity index (χ0n) is 11.7. The van der Waals surface area contributed by atoms with E-state index in [9.17, 15) is 0 Å². The molecule has 1 heteroatoms. The maximum absolute atomic E-state index is 5.65. The van der Waals surface area contributed by atoms with E-state index in [1.807, 2.05) is 0 Å². The number of hydrogen-bond acceptors (Lipinski definition) is 1. The minimum atomic E-state index is 0.998. The molecule has 1 nitrogen and oxygen atoms in total. The molecule has 0 unspecified atom stereocenters.